The van der Waals surface area contributed by atoms with Crippen molar-refractivity contribution in [1.29, 1.82) is 0 Å². The monoisotopic (exact) mass is 370 g/mol. The van der Waals surface area contributed by atoms with Gasteiger partial charge in [-0.05, 0) is 49.2 Å². The quantitative estimate of drug-likeness (QED) is 0.697. The van der Waals surface area contributed by atoms with E-state index in [0.29, 0.717) is 41.8 Å². The topological polar surface area (TPSA) is 76.7 Å². The molecular formula is C21H26N2O4. The molecule has 144 valence electrons. The molecule has 27 heavy (non-hydrogen) atoms. The predicted octanol–water partition coefficient (Wildman–Crippen LogP) is 4.09. The summed E-state index contributed by atoms with van der Waals surface area (Å²) in [5, 5.41) is 5.59. The van der Waals surface area contributed by atoms with Crippen LogP contribution in [0.4, 0.5) is 11.4 Å². The summed E-state index contributed by atoms with van der Waals surface area (Å²) >= 11 is 0. The number of ether oxygens (including phenoxy) is 2. The highest BCUT2D eigenvalue weighted by atomic mass is 16.5. The highest BCUT2D eigenvalue weighted by Crippen LogP contribution is 2.26. The van der Waals surface area contributed by atoms with Gasteiger partial charge in [-0.2, -0.15) is 0 Å². The van der Waals surface area contributed by atoms with Crippen molar-refractivity contribution in [2.24, 2.45) is 5.92 Å². The lowest BCUT2D eigenvalue weighted by molar-refractivity contribution is -0.118. The number of carbonyl (C=O) groups excluding carboxylic acids is 2. The van der Waals surface area contributed by atoms with Gasteiger partial charge in [0.05, 0.1) is 6.61 Å². The Balaban J connectivity index is 1.84. The van der Waals surface area contributed by atoms with Crippen LogP contribution in [0.25, 0.3) is 0 Å². The van der Waals surface area contributed by atoms with Gasteiger partial charge in [0.25, 0.3) is 5.91 Å². The molecule has 0 aliphatic carbocycles. The molecule has 0 radical (unpaired) electrons. The average Bonchev–Trinajstić information content (AvgIpc) is 2.62. The summed E-state index contributed by atoms with van der Waals surface area (Å²) in [4.78, 5) is 23.9. The largest absolute Gasteiger partial charge is 0.490 e. The van der Waals surface area contributed by atoms with E-state index in [0.717, 1.165) is 0 Å². The number of amides is 2. The fourth-order valence-electron chi connectivity index (χ4n) is 2.40. The number of carbonyl (C=O) groups is 2. The standard InChI is InChI=1S/C21H26N2O4/c1-4-26-18-7-5-6-8-19(18)27-14-21(25)23-17-11-9-16(10-12-17)22-20(24)13-15(2)3/h5-12,15H,4,13-14H2,1-3H3,(H,22,24)(H,23,25). The van der Waals surface area contributed by atoms with Crippen LogP contribution in [0.1, 0.15) is 27.2 Å². The Morgan fingerprint density at radius 3 is 1.89 bits per heavy atom. The highest BCUT2D eigenvalue weighted by molar-refractivity contribution is 5.93. The Bertz CT molecular complexity index is 757. The third-order valence-corrected chi connectivity index (χ3v) is 3.55. The molecule has 2 N–H and O–H groups in total. The van der Waals surface area contributed by atoms with E-state index in [1.54, 1.807) is 36.4 Å². The molecule has 0 aliphatic heterocycles. The summed E-state index contributed by atoms with van der Waals surface area (Å²) in [6.45, 7) is 6.27. The van der Waals surface area contributed by atoms with Crippen LogP contribution in [-0.2, 0) is 9.59 Å². The van der Waals surface area contributed by atoms with Crippen LogP contribution >= 0.6 is 0 Å². The maximum atomic E-state index is 12.1. The Hall–Kier alpha value is -3.02. The van der Waals surface area contributed by atoms with Crippen LogP contribution in [0.5, 0.6) is 11.5 Å². The van der Waals surface area contributed by atoms with Crippen molar-refractivity contribution in [3.05, 3.63) is 48.5 Å². The maximum Gasteiger partial charge on any atom is 0.262 e. The van der Waals surface area contributed by atoms with Crippen molar-refractivity contribution in [2.75, 3.05) is 23.8 Å². The first kappa shape index (κ1) is 20.3. The first-order valence-corrected chi connectivity index (χ1v) is 9.02. The zero-order valence-electron chi connectivity index (χ0n) is 16.0. The lowest BCUT2D eigenvalue weighted by Gasteiger charge is -2.12. The second-order valence-corrected chi connectivity index (χ2v) is 6.44. The molecule has 0 saturated carbocycles. The summed E-state index contributed by atoms with van der Waals surface area (Å²) in [5.41, 5.74) is 1.32. The Morgan fingerprint density at radius 1 is 0.852 bits per heavy atom. The SMILES string of the molecule is CCOc1ccccc1OCC(=O)Nc1ccc(NC(=O)CC(C)C)cc1. The molecule has 0 heterocycles. The van der Waals surface area contributed by atoms with Crippen LogP contribution in [-0.4, -0.2) is 25.0 Å². The van der Waals surface area contributed by atoms with Gasteiger partial charge < -0.3 is 20.1 Å². The summed E-state index contributed by atoms with van der Waals surface area (Å²) in [6.07, 6.45) is 0.471. The average molecular weight is 370 g/mol. The lowest BCUT2D eigenvalue weighted by Crippen LogP contribution is -2.20. The Morgan fingerprint density at radius 2 is 1.37 bits per heavy atom. The molecule has 0 bridgehead atoms. The first-order chi connectivity index (χ1) is 13.0. The fraction of sp³-hybridized carbons (Fsp3) is 0.333. The molecule has 0 unspecified atom stereocenters. The fourth-order valence-corrected chi connectivity index (χ4v) is 2.40. The predicted molar refractivity (Wildman–Crippen MR) is 106 cm³/mol. The number of benzene rings is 2. The van der Waals surface area contributed by atoms with Gasteiger partial charge in [-0.15, -0.1) is 0 Å². The molecule has 0 saturated heterocycles. The van der Waals surface area contributed by atoms with Crippen molar-refractivity contribution in [2.45, 2.75) is 27.2 Å². The summed E-state index contributed by atoms with van der Waals surface area (Å²) < 4.78 is 11.0. The lowest BCUT2D eigenvalue weighted by atomic mass is 10.1. The van der Waals surface area contributed by atoms with E-state index < -0.39 is 0 Å². The number of rotatable bonds is 9. The minimum atomic E-state index is -0.280. The van der Waals surface area contributed by atoms with Gasteiger partial charge in [0.15, 0.2) is 18.1 Å². The van der Waals surface area contributed by atoms with Crippen LogP contribution in [0, 0.1) is 5.92 Å². The van der Waals surface area contributed by atoms with E-state index in [-0.39, 0.29) is 18.4 Å². The van der Waals surface area contributed by atoms with Gasteiger partial charge in [-0.25, -0.2) is 0 Å². The van der Waals surface area contributed by atoms with Gasteiger partial charge in [0, 0.05) is 17.8 Å². The smallest absolute Gasteiger partial charge is 0.262 e. The molecule has 0 fully saturated rings. The molecule has 6 heteroatoms. The molecule has 6 nitrogen and oxygen atoms in total. The summed E-state index contributed by atoms with van der Waals surface area (Å²) in [5.74, 6) is 1.13. The minimum Gasteiger partial charge on any atom is -0.490 e. The summed E-state index contributed by atoms with van der Waals surface area (Å²) in [6, 6.07) is 14.2. The van der Waals surface area contributed by atoms with E-state index in [9.17, 15) is 9.59 Å². The number of hydrogen-bond acceptors (Lipinski definition) is 4. The molecule has 2 amide bonds. The van der Waals surface area contributed by atoms with Gasteiger partial charge in [-0.3, -0.25) is 9.59 Å². The second-order valence-electron chi connectivity index (χ2n) is 6.44. The van der Waals surface area contributed by atoms with E-state index in [4.69, 9.17) is 9.47 Å². The van der Waals surface area contributed by atoms with Gasteiger partial charge in [-0.1, -0.05) is 26.0 Å². The van der Waals surface area contributed by atoms with Crippen molar-refractivity contribution in [3.63, 3.8) is 0 Å². The molecule has 2 rings (SSSR count). The van der Waals surface area contributed by atoms with Gasteiger partial charge >= 0.3 is 0 Å². The highest BCUT2D eigenvalue weighted by Gasteiger charge is 2.09. The molecule has 2 aromatic rings. The molecular weight excluding hydrogens is 344 g/mol. The van der Waals surface area contributed by atoms with E-state index in [2.05, 4.69) is 10.6 Å². The van der Waals surface area contributed by atoms with E-state index in [1.165, 1.54) is 0 Å². The third-order valence-electron chi connectivity index (χ3n) is 3.55. The van der Waals surface area contributed by atoms with E-state index in [1.807, 2.05) is 32.9 Å². The Labute approximate surface area is 159 Å². The van der Waals surface area contributed by atoms with E-state index >= 15 is 0 Å². The molecule has 0 atom stereocenters. The normalized spacial score (nSPS) is 10.4. The molecule has 0 aliphatic rings. The minimum absolute atomic E-state index is 0.0249. The van der Waals surface area contributed by atoms with Crippen LogP contribution < -0.4 is 20.1 Å². The van der Waals surface area contributed by atoms with Crippen molar-refractivity contribution < 1.29 is 19.1 Å². The number of hydrogen-bond donors (Lipinski definition) is 2. The zero-order chi connectivity index (χ0) is 19.6. The van der Waals surface area contributed by atoms with Crippen LogP contribution in [0.2, 0.25) is 0 Å². The number of para-hydroxylation sites is 2. The maximum absolute atomic E-state index is 12.1. The molecule has 0 aromatic heterocycles. The van der Waals surface area contributed by atoms with Gasteiger partial charge in [0.2, 0.25) is 5.91 Å². The van der Waals surface area contributed by atoms with Crippen LogP contribution in [0.3, 0.4) is 0 Å². The van der Waals surface area contributed by atoms with Gasteiger partial charge in [0.1, 0.15) is 0 Å². The van der Waals surface area contributed by atoms with Crippen LogP contribution in [0.15, 0.2) is 48.5 Å². The number of nitrogens with one attached hydrogen (secondary N) is 2. The summed E-state index contributed by atoms with van der Waals surface area (Å²) in [7, 11) is 0. The Kier molecular flexibility index (Phi) is 7.67. The second kappa shape index (κ2) is 10.2. The zero-order valence-corrected chi connectivity index (χ0v) is 16.0. The van der Waals surface area contributed by atoms with Crippen molar-refractivity contribution in [1.82, 2.24) is 0 Å². The van der Waals surface area contributed by atoms with Crippen molar-refractivity contribution >= 4 is 23.2 Å². The first-order valence-electron chi connectivity index (χ1n) is 9.02. The molecule has 0 spiro atoms. The van der Waals surface area contributed by atoms with Crippen molar-refractivity contribution in [3.8, 4) is 11.5 Å². The third kappa shape index (κ3) is 7.01. The number of anilines is 2. The molecule has 2 aromatic carbocycles.